The maximum atomic E-state index is 14.6. The first kappa shape index (κ1) is 30.0. The van der Waals surface area contributed by atoms with Crippen molar-refractivity contribution in [2.45, 2.75) is 45.2 Å². The highest BCUT2D eigenvalue weighted by Crippen LogP contribution is 2.36. The van der Waals surface area contributed by atoms with E-state index in [-0.39, 0.29) is 36.0 Å². The van der Waals surface area contributed by atoms with Gasteiger partial charge in [-0.25, -0.2) is 9.37 Å². The number of hydrogen-bond donors (Lipinski definition) is 0. The summed E-state index contributed by atoms with van der Waals surface area (Å²) in [6.07, 6.45) is -0.960. The van der Waals surface area contributed by atoms with Crippen molar-refractivity contribution in [3.8, 4) is 23.3 Å². The number of nitriles is 1. The summed E-state index contributed by atoms with van der Waals surface area (Å²) in [5.74, 6) is -3.32. The van der Waals surface area contributed by atoms with Crippen LogP contribution in [0.3, 0.4) is 0 Å². The van der Waals surface area contributed by atoms with Crippen LogP contribution >= 0.6 is 11.6 Å². The molecule has 0 radical (unpaired) electrons. The molecule has 1 unspecified atom stereocenters. The number of aromatic nitrogens is 3. The van der Waals surface area contributed by atoms with E-state index in [1.807, 2.05) is 0 Å². The van der Waals surface area contributed by atoms with E-state index in [0.717, 1.165) is 37.6 Å². The van der Waals surface area contributed by atoms with Crippen molar-refractivity contribution in [3.63, 3.8) is 0 Å². The number of alkyl halides is 3. The van der Waals surface area contributed by atoms with Gasteiger partial charge in [-0.3, -0.25) is 9.36 Å². The SMILES string of the molecule is Cc1cc(Cn2cnc(C(F)(F)F)c(Oc3cc(Cl)cc(C#N)c3F)c2=O)[n+]([O-])cc1OCCOC1CCCCO1. The highest BCUT2D eigenvalue weighted by atomic mass is 35.5. The molecule has 15 heteroatoms. The molecule has 10 nitrogen and oxygen atoms in total. The number of pyridine rings is 1. The molecule has 0 saturated carbocycles. The molecule has 0 aliphatic carbocycles. The maximum absolute atomic E-state index is 14.6. The molecule has 0 amide bonds. The summed E-state index contributed by atoms with van der Waals surface area (Å²) in [6.45, 7) is 2.13. The number of ether oxygens (including phenoxy) is 4. The van der Waals surface area contributed by atoms with E-state index >= 15 is 0 Å². The van der Waals surface area contributed by atoms with Gasteiger partial charge in [0, 0.05) is 29.3 Å². The van der Waals surface area contributed by atoms with E-state index in [1.165, 1.54) is 12.1 Å². The molecule has 1 atom stereocenters. The average Bonchev–Trinajstić information content (AvgIpc) is 2.92. The summed E-state index contributed by atoms with van der Waals surface area (Å²) in [7, 11) is 0. The van der Waals surface area contributed by atoms with Crippen LogP contribution in [0.25, 0.3) is 0 Å². The van der Waals surface area contributed by atoms with Crippen LogP contribution in [0.2, 0.25) is 5.02 Å². The van der Waals surface area contributed by atoms with Gasteiger partial charge in [0.15, 0.2) is 29.3 Å². The van der Waals surface area contributed by atoms with Gasteiger partial charge >= 0.3 is 6.18 Å². The average molecular weight is 599 g/mol. The number of aryl methyl sites for hydroxylation is 1. The summed E-state index contributed by atoms with van der Waals surface area (Å²) in [6, 6.07) is 4.64. The first-order valence-corrected chi connectivity index (χ1v) is 12.7. The molecule has 1 aromatic carbocycles. The normalized spacial score (nSPS) is 15.4. The minimum absolute atomic E-state index is 0.0305. The van der Waals surface area contributed by atoms with Crippen molar-refractivity contribution in [2.24, 2.45) is 0 Å². The van der Waals surface area contributed by atoms with E-state index in [9.17, 15) is 27.6 Å². The Morgan fingerprint density at radius 3 is 2.73 bits per heavy atom. The third kappa shape index (κ3) is 7.24. The monoisotopic (exact) mass is 598 g/mol. The predicted molar refractivity (Wildman–Crippen MR) is 134 cm³/mol. The van der Waals surface area contributed by atoms with Crippen molar-refractivity contribution >= 4 is 11.6 Å². The van der Waals surface area contributed by atoms with Gasteiger partial charge in [0.2, 0.25) is 17.6 Å². The molecule has 3 aromatic rings. The van der Waals surface area contributed by atoms with Crippen LogP contribution in [0.1, 0.15) is 41.8 Å². The lowest BCUT2D eigenvalue weighted by Gasteiger charge is -2.22. The van der Waals surface area contributed by atoms with Gasteiger partial charge in [-0.1, -0.05) is 11.6 Å². The standard InChI is InChI=1S/C26H23ClF4N4O6/c1-15-8-18(35(37)13-20(15)38-6-7-40-21-4-2-3-5-39-21)12-34-14-33-24(26(29,30)31)23(25(34)36)41-19-10-17(27)9-16(11-32)22(19)28/h8-10,13-14,21H,2-7,12H2,1H3. The Morgan fingerprint density at radius 1 is 1.27 bits per heavy atom. The third-order valence-electron chi connectivity index (χ3n) is 6.01. The van der Waals surface area contributed by atoms with Gasteiger partial charge < -0.3 is 24.2 Å². The largest absolute Gasteiger partial charge is 0.618 e. The molecule has 1 fully saturated rings. The van der Waals surface area contributed by atoms with Gasteiger partial charge in [0.05, 0.1) is 18.5 Å². The van der Waals surface area contributed by atoms with Crippen LogP contribution in [0.4, 0.5) is 17.6 Å². The second-order valence-corrected chi connectivity index (χ2v) is 9.42. The van der Waals surface area contributed by atoms with E-state index in [2.05, 4.69) is 4.98 Å². The second-order valence-electron chi connectivity index (χ2n) is 8.99. The van der Waals surface area contributed by atoms with E-state index in [0.29, 0.717) is 27.8 Å². The first-order chi connectivity index (χ1) is 19.5. The fraction of sp³-hybridized carbons (Fsp3) is 0.385. The van der Waals surface area contributed by atoms with Crippen LogP contribution in [0, 0.1) is 29.3 Å². The quantitative estimate of drug-likeness (QED) is 0.151. The highest BCUT2D eigenvalue weighted by molar-refractivity contribution is 6.30. The summed E-state index contributed by atoms with van der Waals surface area (Å²) in [5, 5.41) is 21.5. The van der Waals surface area contributed by atoms with Gasteiger partial charge in [0.25, 0.3) is 5.56 Å². The molecule has 4 rings (SSSR count). The maximum Gasteiger partial charge on any atom is 0.437 e. The number of halogens is 5. The summed E-state index contributed by atoms with van der Waals surface area (Å²) in [4.78, 5) is 16.4. The molecule has 0 bridgehead atoms. The Kier molecular flexibility index (Phi) is 9.31. The molecule has 3 heterocycles. The predicted octanol–water partition coefficient (Wildman–Crippen LogP) is 4.63. The minimum atomic E-state index is -5.15. The molecule has 1 aliphatic rings. The minimum Gasteiger partial charge on any atom is -0.618 e. The van der Waals surface area contributed by atoms with Crippen molar-refractivity contribution in [2.75, 3.05) is 19.8 Å². The zero-order chi connectivity index (χ0) is 29.7. The molecule has 0 spiro atoms. The number of nitrogens with zero attached hydrogens (tertiary/aromatic N) is 4. The summed E-state index contributed by atoms with van der Waals surface area (Å²) >= 11 is 5.82. The van der Waals surface area contributed by atoms with Crippen LogP contribution < -0.4 is 19.8 Å². The van der Waals surface area contributed by atoms with Crippen LogP contribution in [0.15, 0.2) is 35.5 Å². The highest BCUT2D eigenvalue weighted by Gasteiger charge is 2.39. The van der Waals surface area contributed by atoms with Crippen molar-refractivity contribution in [1.82, 2.24) is 9.55 Å². The zero-order valence-electron chi connectivity index (χ0n) is 21.5. The molecule has 1 saturated heterocycles. The Bertz CT molecular complexity index is 1520. The molecular formula is C26H23ClF4N4O6. The lowest BCUT2D eigenvalue weighted by atomic mass is 10.2. The fourth-order valence-electron chi connectivity index (χ4n) is 4.00. The Balaban J connectivity index is 1.56. The number of benzene rings is 1. The molecular weight excluding hydrogens is 576 g/mol. The van der Waals surface area contributed by atoms with Crippen molar-refractivity contribution in [3.05, 3.63) is 79.6 Å². The molecule has 218 valence electrons. The van der Waals surface area contributed by atoms with E-state index in [4.69, 9.17) is 35.8 Å². The van der Waals surface area contributed by atoms with Crippen LogP contribution in [0.5, 0.6) is 17.2 Å². The third-order valence-corrected chi connectivity index (χ3v) is 6.22. The van der Waals surface area contributed by atoms with E-state index in [1.54, 1.807) is 6.92 Å². The smallest absolute Gasteiger partial charge is 0.437 e. The summed E-state index contributed by atoms with van der Waals surface area (Å²) < 4.78 is 78.4. The topological polar surface area (TPSA) is 123 Å². The number of rotatable bonds is 9. The van der Waals surface area contributed by atoms with E-state index < -0.39 is 46.9 Å². The van der Waals surface area contributed by atoms with Crippen LogP contribution in [-0.4, -0.2) is 35.7 Å². The fourth-order valence-corrected chi connectivity index (χ4v) is 4.21. The first-order valence-electron chi connectivity index (χ1n) is 12.3. The molecule has 41 heavy (non-hydrogen) atoms. The molecule has 2 aromatic heterocycles. The van der Waals surface area contributed by atoms with Gasteiger partial charge in [-0.15, -0.1) is 0 Å². The van der Waals surface area contributed by atoms with Gasteiger partial charge in [-0.05, 0) is 32.3 Å². The van der Waals surface area contributed by atoms with Crippen molar-refractivity contribution in [1.29, 1.82) is 5.26 Å². The summed E-state index contributed by atoms with van der Waals surface area (Å²) in [5.41, 5.74) is -3.21. The van der Waals surface area contributed by atoms with Crippen molar-refractivity contribution < 1.29 is 41.2 Å². The lowest BCUT2D eigenvalue weighted by molar-refractivity contribution is -0.614. The molecule has 1 aliphatic heterocycles. The Hall–Kier alpha value is -3.93. The van der Waals surface area contributed by atoms with Crippen LogP contribution in [-0.2, 0) is 22.2 Å². The number of hydrogen-bond acceptors (Lipinski definition) is 8. The zero-order valence-corrected chi connectivity index (χ0v) is 22.3. The Morgan fingerprint density at radius 2 is 2.05 bits per heavy atom. The lowest BCUT2D eigenvalue weighted by Crippen LogP contribution is -2.36. The second kappa shape index (κ2) is 12.7. The van der Waals surface area contributed by atoms with Gasteiger partial charge in [-0.2, -0.15) is 23.2 Å². The van der Waals surface area contributed by atoms with Gasteiger partial charge in [0.1, 0.15) is 19.2 Å². The Labute approximate surface area is 235 Å². The molecule has 0 N–H and O–H groups in total.